The maximum Gasteiger partial charge on any atom is 0.230 e. The van der Waals surface area contributed by atoms with Gasteiger partial charge < -0.3 is 20.1 Å². The van der Waals surface area contributed by atoms with Gasteiger partial charge in [0.2, 0.25) is 11.9 Å². The zero-order chi connectivity index (χ0) is 20.4. The molecule has 8 heteroatoms. The quantitative estimate of drug-likeness (QED) is 0.654. The molecule has 0 radical (unpaired) electrons. The number of benzene rings is 1. The minimum atomic E-state index is 0.291. The molecule has 1 aliphatic rings. The van der Waals surface area contributed by atoms with Crippen LogP contribution in [0, 0.1) is 5.92 Å². The monoisotopic (exact) mass is 392 g/mol. The second kappa shape index (κ2) is 7.90. The molecule has 1 fully saturated rings. The van der Waals surface area contributed by atoms with Crippen LogP contribution in [0.5, 0.6) is 11.5 Å². The maximum absolute atomic E-state index is 5.82. The molecule has 0 spiro atoms. The van der Waals surface area contributed by atoms with Crippen molar-refractivity contribution in [2.75, 3.05) is 31.9 Å². The van der Waals surface area contributed by atoms with Crippen LogP contribution in [-0.4, -0.2) is 41.2 Å². The largest absolute Gasteiger partial charge is 0.497 e. The summed E-state index contributed by atoms with van der Waals surface area (Å²) < 4.78 is 10.7. The average Bonchev–Trinajstić information content (AvgIpc) is 3.57. The van der Waals surface area contributed by atoms with Gasteiger partial charge in [-0.05, 0) is 31.2 Å². The molecule has 29 heavy (non-hydrogen) atoms. The number of rotatable bonds is 7. The van der Waals surface area contributed by atoms with Crippen LogP contribution in [0.15, 0.2) is 36.7 Å². The molecular formula is C21H24N6O2. The Hall–Kier alpha value is -3.42. The molecule has 150 valence electrons. The summed E-state index contributed by atoms with van der Waals surface area (Å²) in [5.41, 5.74) is 9.28. The van der Waals surface area contributed by atoms with Crippen molar-refractivity contribution in [3.8, 4) is 22.8 Å². The first-order valence-corrected chi connectivity index (χ1v) is 9.49. The lowest BCUT2D eigenvalue weighted by molar-refractivity contribution is 0.394. The van der Waals surface area contributed by atoms with Crippen molar-refractivity contribution in [3.05, 3.63) is 42.4 Å². The fraction of sp³-hybridized carbons (Fsp3) is 0.333. The van der Waals surface area contributed by atoms with Crippen LogP contribution in [0.2, 0.25) is 0 Å². The molecule has 0 amide bonds. The molecule has 1 aromatic carbocycles. The Morgan fingerprint density at radius 3 is 2.45 bits per heavy atom. The number of hydrogen-bond donors (Lipinski definition) is 1. The fourth-order valence-electron chi connectivity index (χ4n) is 3.16. The first-order valence-electron chi connectivity index (χ1n) is 9.49. The summed E-state index contributed by atoms with van der Waals surface area (Å²) in [6.07, 6.45) is 6.85. The van der Waals surface area contributed by atoms with Gasteiger partial charge in [-0.25, -0.2) is 19.9 Å². The smallest absolute Gasteiger partial charge is 0.230 e. The fourth-order valence-corrected chi connectivity index (χ4v) is 3.16. The zero-order valence-corrected chi connectivity index (χ0v) is 16.8. The van der Waals surface area contributed by atoms with Crippen LogP contribution in [0.4, 0.5) is 17.6 Å². The first kappa shape index (κ1) is 18.9. The molecule has 3 aromatic rings. The summed E-state index contributed by atoms with van der Waals surface area (Å²) >= 11 is 0. The molecule has 8 nitrogen and oxygen atoms in total. The predicted molar refractivity (Wildman–Crippen MR) is 112 cm³/mol. The van der Waals surface area contributed by atoms with E-state index < -0.39 is 0 Å². The van der Waals surface area contributed by atoms with Crippen LogP contribution >= 0.6 is 0 Å². The number of methoxy groups -OCH3 is 2. The Kier molecular flexibility index (Phi) is 5.16. The third-order valence-electron chi connectivity index (χ3n) is 5.01. The minimum Gasteiger partial charge on any atom is -0.497 e. The molecule has 2 N–H and O–H groups in total. The summed E-state index contributed by atoms with van der Waals surface area (Å²) in [7, 11) is 5.15. The SMILES string of the molecule is COc1cc(OC)cc(N(C)c2nccc(-c3cnc(N)nc3CC3CC3)n2)c1. The summed E-state index contributed by atoms with van der Waals surface area (Å²) in [5.74, 6) is 2.91. The van der Waals surface area contributed by atoms with Crippen molar-refractivity contribution in [1.82, 2.24) is 19.9 Å². The second-order valence-electron chi connectivity index (χ2n) is 7.11. The van der Waals surface area contributed by atoms with Gasteiger partial charge in [-0.1, -0.05) is 0 Å². The van der Waals surface area contributed by atoms with Gasteiger partial charge in [-0.3, -0.25) is 0 Å². The van der Waals surface area contributed by atoms with Crippen molar-refractivity contribution in [1.29, 1.82) is 0 Å². The van der Waals surface area contributed by atoms with E-state index in [1.807, 2.05) is 36.2 Å². The van der Waals surface area contributed by atoms with Crippen LogP contribution in [0.25, 0.3) is 11.3 Å². The Bertz CT molecular complexity index is 1000. The summed E-state index contributed by atoms with van der Waals surface area (Å²) in [6, 6.07) is 7.51. The molecule has 0 aliphatic heterocycles. The van der Waals surface area contributed by atoms with Gasteiger partial charge in [0.15, 0.2) is 0 Å². The van der Waals surface area contributed by atoms with Gasteiger partial charge in [0, 0.05) is 43.2 Å². The van der Waals surface area contributed by atoms with Gasteiger partial charge >= 0.3 is 0 Å². The van der Waals surface area contributed by atoms with Crippen molar-refractivity contribution in [2.45, 2.75) is 19.3 Å². The summed E-state index contributed by atoms with van der Waals surface area (Å²) in [4.78, 5) is 19.7. The number of aromatic nitrogens is 4. The highest BCUT2D eigenvalue weighted by Crippen LogP contribution is 2.35. The highest BCUT2D eigenvalue weighted by molar-refractivity contribution is 5.66. The van der Waals surface area contributed by atoms with E-state index in [9.17, 15) is 0 Å². The lowest BCUT2D eigenvalue weighted by Gasteiger charge is -2.19. The van der Waals surface area contributed by atoms with Gasteiger partial charge in [0.1, 0.15) is 11.5 Å². The van der Waals surface area contributed by atoms with E-state index in [1.165, 1.54) is 12.8 Å². The number of nitrogens with two attached hydrogens (primary N) is 1. The Balaban J connectivity index is 1.69. The highest BCUT2D eigenvalue weighted by atomic mass is 16.5. The molecule has 0 saturated heterocycles. The zero-order valence-electron chi connectivity index (χ0n) is 16.8. The lowest BCUT2D eigenvalue weighted by Crippen LogP contribution is -2.14. The van der Waals surface area contributed by atoms with Crippen LogP contribution in [-0.2, 0) is 6.42 Å². The van der Waals surface area contributed by atoms with E-state index in [1.54, 1.807) is 26.6 Å². The summed E-state index contributed by atoms with van der Waals surface area (Å²) in [5, 5.41) is 0. The maximum atomic E-state index is 5.82. The van der Waals surface area contributed by atoms with Gasteiger partial charge in [-0.15, -0.1) is 0 Å². The normalized spacial score (nSPS) is 13.2. The van der Waals surface area contributed by atoms with Crippen LogP contribution in [0.1, 0.15) is 18.5 Å². The van der Waals surface area contributed by atoms with Gasteiger partial charge in [0.05, 0.1) is 31.3 Å². The molecule has 0 unspecified atom stereocenters. The van der Waals surface area contributed by atoms with E-state index in [0.29, 0.717) is 29.3 Å². The van der Waals surface area contributed by atoms with Crippen molar-refractivity contribution in [2.24, 2.45) is 5.92 Å². The number of nitrogens with zero attached hydrogens (tertiary/aromatic N) is 5. The van der Waals surface area contributed by atoms with Gasteiger partial charge in [-0.2, -0.15) is 0 Å². The molecule has 1 aliphatic carbocycles. The Morgan fingerprint density at radius 1 is 1.07 bits per heavy atom. The van der Waals surface area contributed by atoms with Crippen molar-refractivity contribution < 1.29 is 9.47 Å². The summed E-state index contributed by atoms with van der Waals surface area (Å²) in [6.45, 7) is 0. The second-order valence-corrected chi connectivity index (χ2v) is 7.11. The number of anilines is 3. The first-order chi connectivity index (χ1) is 14.1. The molecule has 2 aromatic heterocycles. The Morgan fingerprint density at radius 2 is 1.79 bits per heavy atom. The molecule has 2 heterocycles. The van der Waals surface area contributed by atoms with Crippen LogP contribution < -0.4 is 20.1 Å². The van der Waals surface area contributed by atoms with E-state index in [-0.39, 0.29) is 0 Å². The minimum absolute atomic E-state index is 0.291. The lowest BCUT2D eigenvalue weighted by atomic mass is 10.1. The van der Waals surface area contributed by atoms with E-state index in [4.69, 9.17) is 20.2 Å². The standard InChI is InChI=1S/C21H24N6O2/c1-27(14-9-15(28-2)11-16(10-14)29-3)21-23-7-6-18(26-21)17-12-24-20(22)25-19(17)8-13-4-5-13/h6-7,9-13H,4-5,8H2,1-3H3,(H2,22,24,25). The number of hydrogen-bond acceptors (Lipinski definition) is 8. The van der Waals surface area contributed by atoms with E-state index >= 15 is 0 Å². The van der Waals surface area contributed by atoms with Crippen molar-refractivity contribution in [3.63, 3.8) is 0 Å². The molecule has 0 atom stereocenters. The van der Waals surface area contributed by atoms with Gasteiger partial charge in [0.25, 0.3) is 0 Å². The third-order valence-corrected chi connectivity index (χ3v) is 5.01. The highest BCUT2D eigenvalue weighted by Gasteiger charge is 2.24. The van der Waals surface area contributed by atoms with Crippen molar-refractivity contribution >= 4 is 17.6 Å². The van der Waals surface area contributed by atoms with Crippen LogP contribution in [0.3, 0.4) is 0 Å². The average molecular weight is 392 g/mol. The molecule has 1 saturated carbocycles. The van der Waals surface area contributed by atoms with E-state index in [0.717, 1.165) is 29.1 Å². The third kappa shape index (κ3) is 4.21. The molecule has 0 bridgehead atoms. The Labute approximate surface area is 169 Å². The number of ether oxygens (including phenoxy) is 2. The number of nitrogen functional groups attached to an aromatic ring is 1. The molecule has 4 rings (SSSR count). The predicted octanol–water partition coefficient (Wildman–Crippen LogP) is 3.25. The van der Waals surface area contributed by atoms with E-state index in [2.05, 4.69) is 15.0 Å². The topological polar surface area (TPSA) is 99.3 Å². The molecular weight excluding hydrogens is 368 g/mol.